The maximum absolute atomic E-state index is 12.4. The second kappa shape index (κ2) is 9.37. The number of halogens is 1. The zero-order valence-corrected chi connectivity index (χ0v) is 18.9. The van der Waals surface area contributed by atoms with Crippen LogP contribution in [0.1, 0.15) is 0 Å². The summed E-state index contributed by atoms with van der Waals surface area (Å²) in [6.07, 6.45) is 0. The van der Waals surface area contributed by atoms with Crippen molar-refractivity contribution in [3.63, 3.8) is 0 Å². The van der Waals surface area contributed by atoms with Gasteiger partial charge in [0, 0.05) is 15.4 Å². The van der Waals surface area contributed by atoms with Crippen LogP contribution in [-0.4, -0.2) is 44.0 Å². The minimum absolute atomic E-state index is 0.156. The Morgan fingerprint density at radius 2 is 1.97 bits per heavy atom. The van der Waals surface area contributed by atoms with E-state index in [1.165, 1.54) is 23.1 Å². The van der Waals surface area contributed by atoms with Gasteiger partial charge in [0.2, 0.25) is 11.1 Å². The van der Waals surface area contributed by atoms with Gasteiger partial charge < -0.3 is 10.1 Å². The molecule has 0 radical (unpaired) electrons. The van der Waals surface area contributed by atoms with Gasteiger partial charge in [0.25, 0.3) is 0 Å². The van der Waals surface area contributed by atoms with Crippen LogP contribution in [0, 0.1) is 0 Å². The molecule has 0 fully saturated rings. The van der Waals surface area contributed by atoms with Crippen LogP contribution in [0.3, 0.4) is 0 Å². The maximum Gasteiger partial charge on any atom is 0.236 e. The van der Waals surface area contributed by atoms with Gasteiger partial charge in [-0.3, -0.25) is 4.79 Å². The van der Waals surface area contributed by atoms with Crippen LogP contribution >= 0.6 is 39.0 Å². The van der Waals surface area contributed by atoms with E-state index in [0.717, 1.165) is 27.2 Å². The number of anilines is 1. The quantitative estimate of drug-likeness (QED) is 0.376. The summed E-state index contributed by atoms with van der Waals surface area (Å²) in [5.41, 5.74) is 2.59. The number of carbonyl (C=O) groups is 1. The molecular weight excluding hydrogens is 488 g/mol. The Morgan fingerprint density at radius 1 is 1.20 bits per heavy atom. The standard InChI is InChI=1S/C19H15BrN6O2S2/c1-28-15-8-6-14(7-9-15)26-19(23-24-25-26)30-11-17(27)22-18-21-16(10-29-18)12-2-4-13(20)5-3-12/h2-10H,11H2,1H3,(H,21,22,27). The number of thioether (sulfide) groups is 1. The van der Waals surface area contributed by atoms with Crippen molar-refractivity contribution in [2.24, 2.45) is 0 Å². The summed E-state index contributed by atoms with van der Waals surface area (Å²) >= 11 is 6.05. The van der Waals surface area contributed by atoms with E-state index in [-0.39, 0.29) is 11.7 Å². The molecule has 0 saturated carbocycles. The molecule has 0 bridgehead atoms. The molecule has 1 amide bonds. The number of carbonyl (C=O) groups excluding carboxylic acids is 1. The van der Waals surface area contributed by atoms with Crippen molar-refractivity contribution < 1.29 is 9.53 Å². The number of hydrogen-bond acceptors (Lipinski definition) is 8. The number of benzene rings is 2. The lowest BCUT2D eigenvalue weighted by Gasteiger charge is -2.05. The lowest BCUT2D eigenvalue weighted by molar-refractivity contribution is -0.113. The van der Waals surface area contributed by atoms with Gasteiger partial charge in [0.05, 0.1) is 24.2 Å². The van der Waals surface area contributed by atoms with Gasteiger partial charge in [0.1, 0.15) is 5.75 Å². The number of methoxy groups -OCH3 is 1. The summed E-state index contributed by atoms with van der Waals surface area (Å²) in [4.78, 5) is 16.8. The van der Waals surface area contributed by atoms with E-state index in [4.69, 9.17) is 4.74 Å². The normalized spacial score (nSPS) is 10.7. The molecule has 2 heterocycles. The van der Waals surface area contributed by atoms with E-state index < -0.39 is 0 Å². The number of aromatic nitrogens is 5. The fourth-order valence-corrected chi connectivity index (χ4v) is 4.22. The largest absolute Gasteiger partial charge is 0.497 e. The monoisotopic (exact) mass is 502 g/mol. The third-order valence-electron chi connectivity index (χ3n) is 3.98. The third kappa shape index (κ3) is 4.86. The molecular formula is C19H15BrN6O2S2. The number of tetrazole rings is 1. The molecule has 1 N–H and O–H groups in total. The number of thiazole rings is 1. The van der Waals surface area contributed by atoms with Crippen LogP contribution < -0.4 is 10.1 Å². The molecule has 0 atom stereocenters. The molecule has 2 aromatic heterocycles. The number of hydrogen-bond donors (Lipinski definition) is 1. The second-order valence-corrected chi connectivity index (χ2v) is 8.67. The number of rotatable bonds is 7. The van der Waals surface area contributed by atoms with Crippen molar-refractivity contribution in [2.45, 2.75) is 5.16 Å². The molecule has 2 aromatic carbocycles. The molecule has 30 heavy (non-hydrogen) atoms. The highest BCUT2D eigenvalue weighted by Gasteiger charge is 2.13. The molecule has 0 unspecified atom stereocenters. The van der Waals surface area contributed by atoms with Crippen molar-refractivity contribution in [1.29, 1.82) is 0 Å². The van der Waals surface area contributed by atoms with Gasteiger partial charge in [-0.15, -0.1) is 16.4 Å². The van der Waals surface area contributed by atoms with Gasteiger partial charge in [0.15, 0.2) is 5.13 Å². The topological polar surface area (TPSA) is 94.8 Å². The van der Waals surface area contributed by atoms with Crippen LogP contribution in [0.2, 0.25) is 0 Å². The lowest BCUT2D eigenvalue weighted by atomic mass is 10.2. The third-order valence-corrected chi connectivity index (χ3v) is 6.19. The van der Waals surface area contributed by atoms with Crippen molar-refractivity contribution in [1.82, 2.24) is 25.2 Å². The van der Waals surface area contributed by atoms with Crippen molar-refractivity contribution in [2.75, 3.05) is 18.2 Å². The summed E-state index contributed by atoms with van der Waals surface area (Å²) in [5, 5.41) is 17.5. The minimum Gasteiger partial charge on any atom is -0.497 e. The molecule has 0 aliphatic carbocycles. The lowest BCUT2D eigenvalue weighted by Crippen LogP contribution is -2.14. The van der Waals surface area contributed by atoms with E-state index in [1.54, 1.807) is 11.8 Å². The number of ether oxygens (including phenoxy) is 1. The van der Waals surface area contributed by atoms with Gasteiger partial charge in [-0.2, -0.15) is 4.68 Å². The van der Waals surface area contributed by atoms with E-state index in [1.807, 2.05) is 53.9 Å². The molecule has 4 aromatic rings. The average molecular weight is 503 g/mol. The first-order chi connectivity index (χ1) is 14.6. The van der Waals surface area contributed by atoms with Crippen LogP contribution in [-0.2, 0) is 4.79 Å². The summed E-state index contributed by atoms with van der Waals surface area (Å²) in [6, 6.07) is 15.2. The molecule has 0 saturated heterocycles. The molecule has 8 nitrogen and oxygen atoms in total. The molecule has 0 spiro atoms. The molecule has 4 rings (SSSR count). The Labute approximate surface area is 188 Å². The van der Waals surface area contributed by atoms with Crippen molar-refractivity contribution in [3.05, 3.63) is 58.4 Å². The zero-order valence-electron chi connectivity index (χ0n) is 15.7. The first kappa shape index (κ1) is 20.5. The zero-order chi connectivity index (χ0) is 20.9. The maximum atomic E-state index is 12.4. The first-order valence-electron chi connectivity index (χ1n) is 8.69. The van der Waals surface area contributed by atoms with E-state index in [2.05, 4.69) is 41.8 Å². The Morgan fingerprint density at radius 3 is 2.70 bits per heavy atom. The van der Waals surface area contributed by atoms with Crippen molar-refractivity contribution >= 4 is 50.1 Å². The number of nitrogens with one attached hydrogen (secondary N) is 1. The summed E-state index contributed by atoms with van der Waals surface area (Å²) < 4.78 is 7.74. The summed E-state index contributed by atoms with van der Waals surface area (Å²) in [5.74, 6) is 0.719. The number of nitrogens with zero attached hydrogens (tertiary/aromatic N) is 5. The highest BCUT2D eigenvalue weighted by molar-refractivity contribution is 9.10. The van der Waals surface area contributed by atoms with Gasteiger partial charge in [-0.25, -0.2) is 4.98 Å². The van der Waals surface area contributed by atoms with Crippen LogP contribution in [0.15, 0.2) is 63.5 Å². The summed E-state index contributed by atoms with van der Waals surface area (Å²) in [7, 11) is 1.61. The highest BCUT2D eigenvalue weighted by Crippen LogP contribution is 2.26. The fourth-order valence-electron chi connectivity index (χ4n) is 2.52. The number of amides is 1. The Bertz CT molecular complexity index is 1140. The second-order valence-electron chi connectivity index (χ2n) is 5.95. The molecule has 152 valence electrons. The average Bonchev–Trinajstić information content (AvgIpc) is 3.42. The predicted molar refractivity (Wildman–Crippen MR) is 120 cm³/mol. The Hall–Kier alpha value is -2.76. The van der Waals surface area contributed by atoms with Gasteiger partial charge >= 0.3 is 0 Å². The first-order valence-corrected chi connectivity index (χ1v) is 11.3. The van der Waals surface area contributed by atoms with Crippen molar-refractivity contribution in [3.8, 4) is 22.7 Å². The van der Waals surface area contributed by atoms with E-state index in [9.17, 15) is 4.79 Å². The minimum atomic E-state index is -0.180. The van der Waals surface area contributed by atoms with Crippen LogP contribution in [0.4, 0.5) is 5.13 Å². The summed E-state index contributed by atoms with van der Waals surface area (Å²) in [6.45, 7) is 0. The van der Waals surface area contributed by atoms with Gasteiger partial charge in [-0.05, 0) is 46.8 Å². The Kier molecular flexibility index (Phi) is 6.41. The molecule has 11 heteroatoms. The highest BCUT2D eigenvalue weighted by atomic mass is 79.9. The van der Waals surface area contributed by atoms with Gasteiger partial charge in [-0.1, -0.05) is 39.8 Å². The Balaban J connectivity index is 1.37. The predicted octanol–water partition coefficient (Wildman–Crippen LogP) is 4.29. The SMILES string of the molecule is COc1ccc(-n2nnnc2SCC(=O)Nc2nc(-c3ccc(Br)cc3)cs2)cc1. The molecule has 0 aliphatic heterocycles. The van der Waals surface area contributed by atoms with Crippen LogP contribution in [0.25, 0.3) is 16.9 Å². The van der Waals surface area contributed by atoms with Crippen LogP contribution in [0.5, 0.6) is 5.75 Å². The fraction of sp³-hybridized carbons (Fsp3) is 0.105. The smallest absolute Gasteiger partial charge is 0.236 e. The molecule has 0 aliphatic rings. The van der Waals surface area contributed by atoms with E-state index >= 15 is 0 Å². The van der Waals surface area contributed by atoms with E-state index in [0.29, 0.717) is 10.3 Å².